The van der Waals surface area contributed by atoms with Crippen molar-refractivity contribution in [2.24, 2.45) is 0 Å². The van der Waals surface area contributed by atoms with Crippen molar-refractivity contribution >= 4 is 27.5 Å². The maximum Gasteiger partial charge on any atom is 0.254 e. The Labute approximate surface area is 133 Å². The van der Waals surface area contributed by atoms with Crippen LogP contribution in [0.2, 0.25) is 0 Å². The van der Waals surface area contributed by atoms with Gasteiger partial charge in [0.2, 0.25) is 0 Å². The molecule has 2 aromatic rings. The smallest absolute Gasteiger partial charge is 0.254 e. The summed E-state index contributed by atoms with van der Waals surface area (Å²) < 4.78 is 0.817. The van der Waals surface area contributed by atoms with Crippen molar-refractivity contribution in [3.63, 3.8) is 0 Å². The Balaban J connectivity index is 2.21. The lowest BCUT2D eigenvalue weighted by atomic mass is 10.1. The van der Waals surface area contributed by atoms with Gasteiger partial charge in [-0.15, -0.1) is 0 Å². The predicted octanol–water partition coefficient (Wildman–Crippen LogP) is 3.92. The third-order valence-corrected chi connectivity index (χ3v) is 3.99. The lowest BCUT2D eigenvalue weighted by Gasteiger charge is -2.19. The fourth-order valence-corrected chi connectivity index (χ4v) is 2.64. The van der Waals surface area contributed by atoms with E-state index >= 15 is 0 Å². The summed E-state index contributed by atoms with van der Waals surface area (Å²) in [5, 5.41) is 0. The fourth-order valence-electron chi connectivity index (χ4n) is 2.17. The average Bonchev–Trinajstić information content (AvgIpc) is 2.44. The molecule has 21 heavy (non-hydrogen) atoms. The molecule has 0 heterocycles. The normalized spacial score (nSPS) is 10.5. The van der Waals surface area contributed by atoms with Gasteiger partial charge in [-0.05, 0) is 37.1 Å². The molecule has 2 aromatic carbocycles. The molecule has 0 atom stereocenters. The topological polar surface area (TPSA) is 46.3 Å². The number of benzene rings is 2. The van der Waals surface area contributed by atoms with E-state index < -0.39 is 0 Å². The van der Waals surface area contributed by atoms with Crippen LogP contribution in [0.3, 0.4) is 0 Å². The van der Waals surface area contributed by atoms with Crippen molar-refractivity contribution in [3.05, 3.63) is 63.1 Å². The van der Waals surface area contributed by atoms with Crippen molar-refractivity contribution in [3.8, 4) is 0 Å². The van der Waals surface area contributed by atoms with Gasteiger partial charge in [0.15, 0.2) is 0 Å². The number of carbonyl (C=O) groups is 1. The minimum Gasteiger partial charge on any atom is -0.398 e. The maximum atomic E-state index is 12.6. The van der Waals surface area contributed by atoms with Crippen LogP contribution in [-0.2, 0) is 6.54 Å². The molecule has 2 rings (SSSR count). The standard InChI is InChI=1S/C17H19BrN2O/c1-11-4-6-13(7-5-11)10-20(3)17(21)15-8-14(18)9-16(19)12(15)2/h4-9H,10,19H2,1-3H3. The molecule has 3 nitrogen and oxygen atoms in total. The van der Waals surface area contributed by atoms with Crippen LogP contribution < -0.4 is 5.73 Å². The molecule has 0 unspecified atom stereocenters. The third kappa shape index (κ3) is 3.64. The first-order chi connectivity index (χ1) is 9.88. The molecular formula is C17H19BrN2O. The summed E-state index contributed by atoms with van der Waals surface area (Å²) in [5.74, 6) is -0.0268. The highest BCUT2D eigenvalue weighted by molar-refractivity contribution is 9.10. The number of amides is 1. The van der Waals surface area contributed by atoms with Crippen LogP contribution >= 0.6 is 15.9 Å². The Bertz CT molecular complexity index is 665. The molecule has 1 amide bonds. The molecule has 2 N–H and O–H groups in total. The van der Waals surface area contributed by atoms with Crippen molar-refractivity contribution in [2.75, 3.05) is 12.8 Å². The lowest BCUT2D eigenvalue weighted by molar-refractivity contribution is 0.0784. The predicted molar refractivity (Wildman–Crippen MR) is 90.3 cm³/mol. The number of hydrogen-bond acceptors (Lipinski definition) is 2. The van der Waals surface area contributed by atoms with Crippen LogP contribution in [0.5, 0.6) is 0 Å². The summed E-state index contributed by atoms with van der Waals surface area (Å²) in [7, 11) is 1.80. The van der Waals surface area contributed by atoms with Gasteiger partial charge in [0.25, 0.3) is 5.91 Å². The highest BCUT2D eigenvalue weighted by Crippen LogP contribution is 2.24. The van der Waals surface area contributed by atoms with Crippen molar-refractivity contribution in [1.82, 2.24) is 4.90 Å². The van der Waals surface area contributed by atoms with E-state index in [1.165, 1.54) is 5.56 Å². The summed E-state index contributed by atoms with van der Waals surface area (Å²) in [6, 6.07) is 11.8. The van der Waals surface area contributed by atoms with Crippen LogP contribution in [-0.4, -0.2) is 17.9 Å². The molecule has 0 saturated heterocycles. The number of nitrogens with two attached hydrogens (primary N) is 1. The lowest BCUT2D eigenvalue weighted by Crippen LogP contribution is -2.27. The zero-order valence-corrected chi connectivity index (χ0v) is 14.1. The molecule has 0 aromatic heterocycles. The molecule has 0 aliphatic heterocycles. The van der Waals surface area contributed by atoms with Crippen molar-refractivity contribution < 1.29 is 4.79 Å². The number of rotatable bonds is 3. The average molecular weight is 347 g/mol. The summed E-state index contributed by atoms with van der Waals surface area (Å²) in [6.45, 7) is 4.49. The first-order valence-corrected chi connectivity index (χ1v) is 7.54. The quantitative estimate of drug-likeness (QED) is 0.856. The maximum absolute atomic E-state index is 12.6. The van der Waals surface area contributed by atoms with E-state index in [-0.39, 0.29) is 5.91 Å². The number of nitrogens with zero attached hydrogens (tertiary/aromatic N) is 1. The zero-order valence-electron chi connectivity index (χ0n) is 12.5. The van der Waals surface area contributed by atoms with Gasteiger partial charge < -0.3 is 10.6 Å². The Morgan fingerprint density at radius 2 is 1.81 bits per heavy atom. The van der Waals surface area contributed by atoms with E-state index in [2.05, 4.69) is 28.1 Å². The van der Waals surface area contributed by atoms with Crippen LogP contribution in [0.25, 0.3) is 0 Å². The second-order valence-electron chi connectivity index (χ2n) is 5.31. The van der Waals surface area contributed by atoms with Crippen molar-refractivity contribution in [1.29, 1.82) is 0 Å². The zero-order chi connectivity index (χ0) is 15.6. The highest BCUT2D eigenvalue weighted by atomic mass is 79.9. The summed E-state index contributed by atoms with van der Waals surface area (Å²) >= 11 is 3.39. The van der Waals surface area contributed by atoms with E-state index in [1.807, 2.05) is 38.1 Å². The molecule has 0 fully saturated rings. The van der Waals surface area contributed by atoms with Crippen molar-refractivity contribution in [2.45, 2.75) is 20.4 Å². The van der Waals surface area contributed by atoms with Gasteiger partial charge in [0, 0.05) is 29.3 Å². The van der Waals surface area contributed by atoms with E-state index in [0.717, 1.165) is 15.6 Å². The van der Waals surface area contributed by atoms with Gasteiger partial charge in [-0.25, -0.2) is 0 Å². The molecular weight excluding hydrogens is 328 g/mol. The Morgan fingerprint density at radius 3 is 2.43 bits per heavy atom. The number of aryl methyl sites for hydroxylation is 1. The van der Waals surface area contributed by atoms with Crippen LogP contribution in [0.1, 0.15) is 27.0 Å². The Hall–Kier alpha value is -1.81. The minimum absolute atomic E-state index is 0.0268. The van der Waals surface area contributed by atoms with Crippen LogP contribution in [0.4, 0.5) is 5.69 Å². The Morgan fingerprint density at radius 1 is 1.19 bits per heavy atom. The molecule has 0 spiro atoms. The monoisotopic (exact) mass is 346 g/mol. The van der Waals surface area contributed by atoms with E-state index in [0.29, 0.717) is 17.8 Å². The number of hydrogen-bond donors (Lipinski definition) is 1. The molecule has 0 aliphatic rings. The minimum atomic E-state index is -0.0268. The van der Waals surface area contributed by atoms with E-state index in [4.69, 9.17) is 5.73 Å². The first-order valence-electron chi connectivity index (χ1n) is 6.75. The molecule has 0 saturated carbocycles. The second kappa shape index (κ2) is 6.31. The number of carbonyl (C=O) groups excluding carboxylic acids is 1. The molecule has 4 heteroatoms. The largest absolute Gasteiger partial charge is 0.398 e. The first kappa shape index (κ1) is 15.6. The fraction of sp³-hybridized carbons (Fsp3) is 0.235. The van der Waals surface area contributed by atoms with Gasteiger partial charge in [-0.3, -0.25) is 4.79 Å². The molecule has 0 radical (unpaired) electrons. The number of halogens is 1. The molecule has 110 valence electrons. The van der Waals surface area contributed by atoms with Gasteiger partial charge >= 0.3 is 0 Å². The summed E-state index contributed by atoms with van der Waals surface area (Å²) in [4.78, 5) is 14.3. The third-order valence-electron chi connectivity index (χ3n) is 3.53. The van der Waals surface area contributed by atoms with Gasteiger partial charge in [-0.1, -0.05) is 45.8 Å². The van der Waals surface area contributed by atoms with Crippen LogP contribution in [0.15, 0.2) is 40.9 Å². The number of nitrogen functional groups attached to an aromatic ring is 1. The van der Waals surface area contributed by atoms with Gasteiger partial charge in [-0.2, -0.15) is 0 Å². The SMILES string of the molecule is Cc1ccc(CN(C)C(=O)c2cc(Br)cc(N)c2C)cc1. The molecule has 0 bridgehead atoms. The summed E-state index contributed by atoms with van der Waals surface area (Å²) in [6.07, 6.45) is 0. The number of anilines is 1. The Kier molecular flexibility index (Phi) is 4.68. The van der Waals surface area contributed by atoms with E-state index in [9.17, 15) is 4.79 Å². The molecule has 0 aliphatic carbocycles. The van der Waals surface area contributed by atoms with Gasteiger partial charge in [0.1, 0.15) is 0 Å². The van der Waals surface area contributed by atoms with Gasteiger partial charge in [0.05, 0.1) is 0 Å². The summed E-state index contributed by atoms with van der Waals surface area (Å²) in [5.41, 5.74) is 10.3. The highest BCUT2D eigenvalue weighted by Gasteiger charge is 2.16. The second-order valence-corrected chi connectivity index (χ2v) is 6.23. The van der Waals surface area contributed by atoms with Crippen LogP contribution in [0, 0.1) is 13.8 Å². The van der Waals surface area contributed by atoms with E-state index in [1.54, 1.807) is 11.9 Å².